The molecule has 0 N–H and O–H groups in total. The number of pyridine rings is 1. The third kappa shape index (κ3) is 2.97. The largest absolute Gasteiger partial charge is 0.462 e. The minimum atomic E-state index is -0.344. The molecule has 0 radical (unpaired) electrons. The van der Waals surface area contributed by atoms with Crippen LogP contribution in [0, 0.1) is 0 Å². The van der Waals surface area contributed by atoms with Gasteiger partial charge in [0.05, 0.1) is 12.3 Å². The van der Waals surface area contributed by atoms with Gasteiger partial charge in [0.1, 0.15) is 5.56 Å². The molecule has 108 valence electrons. The summed E-state index contributed by atoms with van der Waals surface area (Å²) in [4.78, 5) is 16.5. The second-order valence-electron chi connectivity index (χ2n) is 4.37. The first-order chi connectivity index (χ1) is 9.79. The zero-order chi connectivity index (χ0) is 13.9. The molecule has 0 bridgehead atoms. The minimum absolute atomic E-state index is 0. The van der Waals surface area contributed by atoms with Crippen molar-refractivity contribution in [2.24, 2.45) is 0 Å². The van der Waals surface area contributed by atoms with E-state index in [-0.39, 0.29) is 23.0 Å². The molecule has 5 heteroatoms. The summed E-state index contributed by atoms with van der Waals surface area (Å²) in [6.45, 7) is 2.14. The molecule has 21 heavy (non-hydrogen) atoms. The molecule has 3 rings (SSSR count). The molecule has 0 atom stereocenters. The predicted octanol–water partition coefficient (Wildman–Crippen LogP) is 3.76. The van der Waals surface area contributed by atoms with Crippen LogP contribution in [0.4, 0.5) is 0 Å². The Hall–Kier alpha value is -2.14. The Morgan fingerprint density at radius 3 is 2.67 bits per heavy atom. The van der Waals surface area contributed by atoms with Gasteiger partial charge in [0.2, 0.25) is 0 Å². The lowest BCUT2D eigenvalue weighted by atomic mass is 10.2. The van der Waals surface area contributed by atoms with E-state index < -0.39 is 0 Å². The minimum Gasteiger partial charge on any atom is -0.462 e. The van der Waals surface area contributed by atoms with E-state index in [2.05, 4.69) is 4.98 Å². The van der Waals surface area contributed by atoms with Crippen LogP contribution in [0.1, 0.15) is 17.3 Å². The molecule has 0 saturated carbocycles. The van der Waals surface area contributed by atoms with Gasteiger partial charge in [-0.25, -0.2) is 9.78 Å². The Balaban J connectivity index is 0.00000161. The van der Waals surface area contributed by atoms with E-state index in [1.54, 1.807) is 13.0 Å². The van der Waals surface area contributed by atoms with E-state index >= 15 is 0 Å². The van der Waals surface area contributed by atoms with Gasteiger partial charge in [0, 0.05) is 18.0 Å². The first-order valence-electron chi connectivity index (χ1n) is 6.50. The summed E-state index contributed by atoms with van der Waals surface area (Å²) in [5.74, 6) is -0.344. The van der Waals surface area contributed by atoms with Crippen molar-refractivity contribution < 1.29 is 9.53 Å². The highest BCUT2D eigenvalue weighted by atomic mass is 79.9. The van der Waals surface area contributed by atoms with Crippen LogP contribution in [0.15, 0.2) is 54.9 Å². The van der Waals surface area contributed by atoms with Crippen molar-refractivity contribution in [2.75, 3.05) is 6.61 Å². The molecular weight excluding hydrogens is 332 g/mol. The number of hydrogen-bond acceptors (Lipinski definition) is 3. The average molecular weight is 347 g/mol. The van der Waals surface area contributed by atoms with Gasteiger partial charge in [-0.1, -0.05) is 30.3 Å². The van der Waals surface area contributed by atoms with Crippen LogP contribution in [-0.2, 0) is 4.74 Å². The lowest BCUT2D eigenvalue weighted by Gasteiger charge is -2.02. The molecule has 2 heterocycles. The Morgan fingerprint density at radius 1 is 1.19 bits per heavy atom. The number of fused-ring (bicyclic) bond motifs is 1. The van der Waals surface area contributed by atoms with Crippen molar-refractivity contribution in [3.05, 3.63) is 60.4 Å². The predicted molar refractivity (Wildman–Crippen MR) is 86.9 cm³/mol. The lowest BCUT2D eigenvalue weighted by Crippen LogP contribution is -2.06. The lowest BCUT2D eigenvalue weighted by molar-refractivity contribution is 0.0528. The molecule has 4 nitrogen and oxygen atoms in total. The average Bonchev–Trinajstić information content (AvgIpc) is 2.92. The second kappa shape index (κ2) is 6.54. The zero-order valence-corrected chi connectivity index (χ0v) is 13.2. The van der Waals surface area contributed by atoms with E-state index in [1.165, 1.54) is 0 Å². The van der Waals surface area contributed by atoms with Crippen molar-refractivity contribution in [1.82, 2.24) is 9.38 Å². The van der Waals surface area contributed by atoms with Crippen molar-refractivity contribution in [3.8, 4) is 11.3 Å². The highest BCUT2D eigenvalue weighted by molar-refractivity contribution is 8.93. The van der Waals surface area contributed by atoms with Gasteiger partial charge in [-0.2, -0.15) is 0 Å². The Morgan fingerprint density at radius 2 is 1.95 bits per heavy atom. The maximum atomic E-state index is 11.9. The third-order valence-corrected chi connectivity index (χ3v) is 3.05. The van der Waals surface area contributed by atoms with Gasteiger partial charge in [0.25, 0.3) is 0 Å². The molecule has 0 aliphatic carbocycles. The maximum Gasteiger partial charge on any atom is 0.341 e. The zero-order valence-electron chi connectivity index (χ0n) is 11.5. The van der Waals surface area contributed by atoms with E-state index in [1.807, 2.05) is 53.2 Å². The Bertz CT molecular complexity index is 753. The molecule has 0 unspecified atom stereocenters. The van der Waals surface area contributed by atoms with E-state index in [0.717, 1.165) is 11.3 Å². The van der Waals surface area contributed by atoms with Crippen LogP contribution in [0.25, 0.3) is 16.9 Å². The summed E-state index contributed by atoms with van der Waals surface area (Å²) >= 11 is 0. The van der Waals surface area contributed by atoms with E-state index in [9.17, 15) is 4.79 Å². The monoisotopic (exact) mass is 346 g/mol. The van der Waals surface area contributed by atoms with Gasteiger partial charge in [-0.3, -0.25) is 0 Å². The first kappa shape index (κ1) is 15.3. The molecule has 0 fully saturated rings. The van der Waals surface area contributed by atoms with Crippen molar-refractivity contribution in [3.63, 3.8) is 0 Å². The summed E-state index contributed by atoms with van der Waals surface area (Å²) in [5, 5.41) is 0. The number of carbonyl (C=O) groups excluding carboxylic acids is 1. The molecule has 0 aliphatic rings. The fraction of sp³-hybridized carbons (Fsp3) is 0.125. The third-order valence-electron chi connectivity index (χ3n) is 3.05. The summed E-state index contributed by atoms with van der Waals surface area (Å²) in [5.41, 5.74) is 2.95. The van der Waals surface area contributed by atoms with E-state index in [4.69, 9.17) is 4.74 Å². The number of aromatic nitrogens is 2. The van der Waals surface area contributed by atoms with Crippen LogP contribution < -0.4 is 0 Å². The molecule has 1 aromatic carbocycles. The number of ether oxygens (including phenoxy) is 1. The first-order valence-corrected chi connectivity index (χ1v) is 6.50. The fourth-order valence-electron chi connectivity index (χ4n) is 2.13. The fourth-order valence-corrected chi connectivity index (χ4v) is 2.13. The topological polar surface area (TPSA) is 43.6 Å². The van der Waals surface area contributed by atoms with Crippen molar-refractivity contribution in [2.45, 2.75) is 6.92 Å². The maximum absolute atomic E-state index is 11.9. The molecule has 3 aromatic rings. The number of hydrogen-bond donors (Lipinski definition) is 0. The molecular formula is C16H15BrN2O2. The highest BCUT2D eigenvalue weighted by Gasteiger charge is 2.14. The highest BCUT2D eigenvalue weighted by Crippen LogP contribution is 2.20. The van der Waals surface area contributed by atoms with Crippen molar-refractivity contribution >= 4 is 28.6 Å². The van der Waals surface area contributed by atoms with Gasteiger partial charge < -0.3 is 9.14 Å². The standard InChI is InChI=1S/C16H14N2O2.BrH/c1-2-20-16(19)13-9-6-10-18-11-14(17-15(13)18)12-7-4-3-5-8-12;/h3-11H,2H2,1H3;1H. The van der Waals surface area contributed by atoms with Crippen LogP contribution in [0.5, 0.6) is 0 Å². The van der Waals surface area contributed by atoms with Crippen LogP contribution in [0.3, 0.4) is 0 Å². The molecule has 0 aliphatic heterocycles. The second-order valence-corrected chi connectivity index (χ2v) is 4.37. The summed E-state index contributed by atoms with van der Waals surface area (Å²) in [6.07, 6.45) is 3.78. The van der Waals surface area contributed by atoms with Gasteiger partial charge in [0.15, 0.2) is 5.65 Å². The van der Waals surface area contributed by atoms with Crippen LogP contribution >= 0.6 is 17.0 Å². The molecule has 0 spiro atoms. The van der Waals surface area contributed by atoms with Crippen LogP contribution in [0.2, 0.25) is 0 Å². The summed E-state index contributed by atoms with van der Waals surface area (Å²) in [7, 11) is 0. The molecule has 2 aromatic heterocycles. The SMILES string of the molecule is Br.CCOC(=O)c1cccn2cc(-c3ccccc3)nc12. The number of benzene rings is 1. The Labute approximate surface area is 133 Å². The summed E-state index contributed by atoms with van der Waals surface area (Å²) in [6, 6.07) is 13.4. The number of nitrogens with zero attached hydrogens (tertiary/aromatic N) is 2. The number of carbonyl (C=O) groups is 1. The molecule has 0 saturated heterocycles. The van der Waals surface area contributed by atoms with Gasteiger partial charge >= 0.3 is 5.97 Å². The van der Waals surface area contributed by atoms with Gasteiger partial charge in [-0.05, 0) is 19.1 Å². The van der Waals surface area contributed by atoms with Gasteiger partial charge in [-0.15, -0.1) is 17.0 Å². The van der Waals surface area contributed by atoms with E-state index in [0.29, 0.717) is 17.8 Å². The Kier molecular flexibility index (Phi) is 4.75. The normalized spacial score (nSPS) is 10.1. The number of imidazole rings is 1. The molecule has 0 amide bonds. The smallest absolute Gasteiger partial charge is 0.341 e. The quantitative estimate of drug-likeness (QED) is 0.678. The van der Waals surface area contributed by atoms with Crippen LogP contribution in [-0.4, -0.2) is 22.0 Å². The summed E-state index contributed by atoms with van der Waals surface area (Å²) < 4.78 is 6.90. The number of halogens is 1. The number of rotatable bonds is 3. The number of esters is 1. The van der Waals surface area contributed by atoms with Crippen molar-refractivity contribution in [1.29, 1.82) is 0 Å².